The van der Waals surface area contributed by atoms with E-state index in [9.17, 15) is 18.0 Å². The number of hydrogen-bond acceptors (Lipinski definition) is 5. The predicted molar refractivity (Wildman–Crippen MR) is 87.5 cm³/mol. The molecule has 4 heterocycles. The first-order chi connectivity index (χ1) is 12.4. The lowest BCUT2D eigenvalue weighted by Crippen LogP contribution is -2.38. The quantitative estimate of drug-likeness (QED) is 0.666. The van der Waals surface area contributed by atoms with Crippen LogP contribution < -0.4 is 16.0 Å². The van der Waals surface area contributed by atoms with Crippen molar-refractivity contribution in [2.45, 2.75) is 31.6 Å². The Morgan fingerprint density at radius 2 is 2.15 bits per heavy atom. The van der Waals surface area contributed by atoms with Crippen LogP contribution >= 0.6 is 0 Å². The molecule has 0 aromatic carbocycles. The summed E-state index contributed by atoms with van der Waals surface area (Å²) >= 11 is 0. The van der Waals surface area contributed by atoms with Gasteiger partial charge in [-0.15, -0.1) is 0 Å². The summed E-state index contributed by atoms with van der Waals surface area (Å²) in [7, 11) is 0. The highest BCUT2D eigenvalue weighted by Gasteiger charge is 2.37. The molecular formula is C16H17F3N6O. The highest BCUT2D eigenvalue weighted by atomic mass is 19.4. The molecule has 0 saturated carbocycles. The normalized spacial score (nSPS) is 20.0. The van der Waals surface area contributed by atoms with Gasteiger partial charge in [-0.2, -0.15) is 13.2 Å². The minimum atomic E-state index is -4.60. The molecule has 1 saturated heterocycles. The largest absolute Gasteiger partial charge is 0.419 e. The highest BCUT2D eigenvalue weighted by Crippen LogP contribution is 2.38. The minimum absolute atomic E-state index is 0.0634. The molecule has 2 aliphatic rings. The second kappa shape index (κ2) is 6.27. The van der Waals surface area contributed by atoms with Crippen LogP contribution in [0.5, 0.6) is 0 Å². The molecule has 26 heavy (non-hydrogen) atoms. The number of aromatic nitrogens is 3. The first-order valence-electron chi connectivity index (χ1n) is 8.34. The van der Waals surface area contributed by atoms with Crippen LogP contribution in [0.4, 0.5) is 19.1 Å². The number of anilines is 1. The van der Waals surface area contributed by atoms with E-state index in [1.807, 2.05) is 0 Å². The fraction of sp³-hybridized carbons (Fsp3) is 0.438. The van der Waals surface area contributed by atoms with Gasteiger partial charge in [-0.25, -0.2) is 9.97 Å². The summed E-state index contributed by atoms with van der Waals surface area (Å²) in [5.74, 6) is -0.186. The van der Waals surface area contributed by atoms with E-state index in [1.54, 1.807) is 0 Å². The van der Waals surface area contributed by atoms with Gasteiger partial charge in [0.1, 0.15) is 11.3 Å². The van der Waals surface area contributed by atoms with Crippen molar-refractivity contribution in [3.8, 4) is 11.3 Å². The van der Waals surface area contributed by atoms with Crippen LogP contribution in [0.3, 0.4) is 0 Å². The van der Waals surface area contributed by atoms with Crippen molar-refractivity contribution in [1.29, 1.82) is 0 Å². The molecule has 4 N–H and O–H groups in total. The van der Waals surface area contributed by atoms with E-state index >= 15 is 0 Å². The van der Waals surface area contributed by atoms with Crippen molar-refractivity contribution in [1.82, 2.24) is 25.6 Å². The van der Waals surface area contributed by atoms with Gasteiger partial charge in [0.25, 0.3) is 5.91 Å². The van der Waals surface area contributed by atoms with E-state index < -0.39 is 11.7 Å². The molecule has 10 heteroatoms. The average Bonchev–Trinajstić information content (AvgIpc) is 3.18. The summed E-state index contributed by atoms with van der Waals surface area (Å²) < 4.78 is 40.4. The highest BCUT2D eigenvalue weighted by molar-refractivity contribution is 5.99. The van der Waals surface area contributed by atoms with Crippen molar-refractivity contribution < 1.29 is 18.0 Å². The number of nitrogens with one attached hydrogen (secondary N) is 4. The van der Waals surface area contributed by atoms with Gasteiger partial charge >= 0.3 is 6.18 Å². The van der Waals surface area contributed by atoms with Crippen molar-refractivity contribution in [2.75, 3.05) is 18.4 Å². The standard InChI is InChI=1S/C16H17F3N6O/c17-16(18,19)11-7-23-15(24-8-2-1-3-20-4-8)25-12(11)9-5-21-13-10(9)6-22-14(13)26/h5,7-8,20-21H,1-4,6H2,(H,22,26)(H,23,24,25)/t8-/m0/s1. The van der Waals surface area contributed by atoms with E-state index in [4.69, 9.17) is 0 Å². The Morgan fingerprint density at radius 1 is 1.31 bits per heavy atom. The van der Waals surface area contributed by atoms with Crippen molar-refractivity contribution >= 4 is 11.9 Å². The molecule has 0 bridgehead atoms. The van der Waals surface area contributed by atoms with Gasteiger partial charge in [0, 0.05) is 42.7 Å². The first kappa shape index (κ1) is 16.8. The first-order valence-corrected chi connectivity index (χ1v) is 8.34. The Hall–Kier alpha value is -2.62. The van der Waals surface area contributed by atoms with E-state index in [0.717, 1.165) is 25.6 Å². The molecule has 7 nitrogen and oxygen atoms in total. The van der Waals surface area contributed by atoms with Crippen LogP contribution in [0.15, 0.2) is 12.4 Å². The van der Waals surface area contributed by atoms with Crippen LogP contribution in [0.2, 0.25) is 0 Å². The lowest BCUT2D eigenvalue weighted by Gasteiger charge is -2.24. The average molecular weight is 366 g/mol. The lowest BCUT2D eigenvalue weighted by atomic mass is 10.0. The fourth-order valence-electron chi connectivity index (χ4n) is 3.33. The second-order valence-electron chi connectivity index (χ2n) is 6.38. The number of alkyl halides is 3. The van der Waals surface area contributed by atoms with Crippen LogP contribution in [0.25, 0.3) is 11.3 Å². The number of carbonyl (C=O) groups is 1. The molecule has 0 radical (unpaired) electrons. The Morgan fingerprint density at radius 3 is 2.88 bits per heavy atom. The summed E-state index contributed by atoms with van der Waals surface area (Å²) in [6.07, 6.45) is -0.535. The molecule has 138 valence electrons. The zero-order chi connectivity index (χ0) is 18.3. The summed E-state index contributed by atoms with van der Waals surface area (Å²) in [4.78, 5) is 22.5. The molecule has 1 fully saturated rings. The zero-order valence-corrected chi connectivity index (χ0v) is 13.7. The number of hydrogen-bond donors (Lipinski definition) is 4. The monoisotopic (exact) mass is 366 g/mol. The summed E-state index contributed by atoms with van der Waals surface area (Å²) in [5.41, 5.74) is -0.126. The Kier molecular flexibility index (Phi) is 4.06. The smallest absolute Gasteiger partial charge is 0.356 e. The maximum atomic E-state index is 13.5. The Bertz CT molecular complexity index is 841. The maximum absolute atomic E-state index is 13.5. The van der Waals surface area contributed by atoms with Gasteiger partial charge in [-0.05, 0) is 19.4 Å². The van der Waals surface area contributed by atoms with E-state index in [1.165, 1.54) is 6.20 Å². The van der Waals surface area contributed by atoms with Gasteiger partial charge in [0.15, 0.2) is 0 Å². The zero-order valence-electron chi connectivity index (χ0n) is 13.7. The number of H-pyrrole nitrogens is 1. The predicted octanol–water partition coefficient (Wildman–Crippen LogP) is 1.90. The summed E-state index contributed by atoms with van der Waals surface area (Å²) in [5, 5.41) is 8.91. The fourth-order valence-corrected chi connectivity index (χ4v) is 3.33. The van der Waals surface area contributed by atoms with Crippen molar-refractivity contribution in [2.24, 2.45) is 0 Å². The molecule has 0 unspecified atom stereocenters. The number of nitrogens with zero attached hydrogens (tertiary/aromatic N) is 2. The van der Waals surface area contributed by atoms with E-state index in [-0.39, 0.29) is 41.4 Å². The molecule has 2 aromatic rings. The van der Waals surface area contributed by atoms with Gasteiger partial charge in [-0.3, -0.25) is 4.79 Å². The van der Waals surface area contributed by atoms with Crippen molar-refractivity contribution in [3.05, 3.63) is 29.2 Å². The molecule has 4 rings (SSSR count). The second-order valence-corrected chi connectivity index (χ2v) is 6.38. The van der Waals surface area contributed by atoms with E-state index in [2.05, 4.69) is 30.9 Å². The van der Waals surface area contributed by atoms with Gasteiger partial charge in [-0.1, -0.05) is 0 Å². The molecule has 2 aromatic heterocycles. The maximum Gasteiger partial charge on any atom is 0.419 e. The SMILES string of the molecule is O=C1NCc2c(-c3nc(N[C@H]4CCCNC4)ncc3C(F)(F)F)c[nH]c21. The van der Waals surface area contributed by atoms with Gasteiger partial charge in [0.2, 0.25) is 5.95 Å². The third kappa shape index (κ3) is 3.00. The minimum Gasteiger partial charge on any atom is -0.356 e. The summed E-state index contributed by atoms with van der Waals surface area (Å²) in [6.45, 7) is 1.80. The third-order valence-electron chi connectivity index (χ3n) is 4.62. The molecule has 1 amide bonds. The van der Waals surface area contributed by atoms with Crippen LogP contribution in [-0.2, 0) is 12.7 Å². The molecule has 0 spiro atoms. The lowest BCUT2D eigenvalue weighted by molar-refractivity contribution is -0.137. The van der Waals surface area contributed by atoms with Gasteiger partial charge < -0.3 is 20.9 Å². The van der Waals surface area contributed by atoms with Crippen molar-refractivity contribution in [3.63, 3.8) is 0 Å². The molecule has 0 aliphatic carbocycles. The number of halogens is 3. The third-order valence-corrected chi connectivity index (χ3v) is 4.62. The van der Waals surface area contributed by atoms with Crippen LogP contribution in [-0.4, -0.2) is 40.0 Å². The Balaban J connectivity index is 1.74. The molecule has 2 aliphatic heterocycles. The number of rotatable bonds is 3. The van der Waals surface area contributed by atoms with Crippen LogP contribution in [0.1, 0.15) is 34.5 Å². The van der Waals surface area contributed by atoms with Crippen LogP contribution in [0, 0.1) is 0 Å². The number of aromatic amines is 1. The number of piperidine rings is 1. The Labute approximate surface area is 146 Å². The van der Waals surface area contributed by atoms with E-state index in [0.29, 0.717) is 12.1 Å². The van der Waals surface area contributed by atoms with Gasteiger partial charge in [0.05, 0.1) is 5.69 Å². The number of amides is 1. The summed E-state index contributed by atoms with van der Waals surface area (Å²) in [6, 6.07) is 0.0634. The number of carbonyl (C=O) groups excluding carboxylic acids is 1. The topological polar surface area (TPSA) is 94.7 Å². The molecule has 1 atom stereocenters. The molecular weight excluding hydrogens is 349 g/mol. The number of fused-ring (bicyclic) bond motifs is 1.